The second kappa shape index (κ2) is 17.8. The van der Waals surface area contributed by atoms with Crippen LogP contribution in [0.4, 0.5) is 0 Å². The van der Waals surface area contributed by atoms with Crippen LogP contribution in [0.15, 0.2) is 98.9 Å². The molecule has 2 heterocycles. The highest BCUT2D eigenvalue weighted by Gasteiger charge is 2.12. The monoisotopic (exact) mass is 611 g/mol. The van der Waals surface area contributed by atoms with Gasteiger partial charge in [0, 0.05) is 24.0 Å². The van der Waals surface area contributed by atoms with E-state index in [0.29, 0.717) is 37.7 Å². The SMILES string of the molecule is C=CC(=O)OCCCCCCCCOc1ccc(-c2cnc(OC(=O)c3ccc(OCC[n+]4ccn(C=C)c4)cc3)nc2)cc1. The Bertz CT molecular complexity index is 1520. The van der Waals surface area contributed by atoms with Crippen molar-refractivity contribution in [2.75, 3.05) is 19.8 Å². The first-order chi connectivity index (χ1) is 22.0. The predicted molar refractivity (Wildman–Crippen MR) is 170 cm³/mol. The third kappa shape index (κ3) is 11.1. The van der Waals surface area contributed by atoms with Crippen LogP contribution in [0.5, 0.6) is 17.5 Å². The molecule has 10 nitrogen and oxygen atoms in total. The summed E-state index contributed by atoms with van der Waals surface area (Å²) in [5, 5.41) is 0. The predicted octanol–water partition coefficient (Wildman–Crippen LogP) is 6.08. The van der Waals surface area contributed by atoms with Crippen molar-refractivity contribution in [2.45, 2.75) is 45.1 Å². The third-order valence-electron chi connectivity index (χ3n) is 6.85. The van der Waals surface area contributed by atoms with Gasteiger partial charge < -0.3 is 18.9 Å². The first-order valence-electron chi connectivity index (χ1n) is 15.0. The standard InChI is InChI=1S/C35H39N4O6/c1-3-33(40)44-23-10-8-6-5-7-9-22-42-31-15-11-28(12-16-31)30-25-36-35(37-26-30)45-34(41)29-13-17-32(18-14-29)43-24-21-39-20-19-38(4-2)27-39/h3-4,11-20,25-27H,1-2,5-10,21-24H2/q+1. The van der Waals surface area contributed by atoms with E-state index >= 15 is 0 Å². The number of carbonyl (C=O) groups excluding carboxylic acids is 2. The Morgan fingerprint density at radius 3 is 2.04 bits per heavy atom. The Morgan fingerprint density at radius 2 is 1.40 bits per heavy atom. The van der Waals surface area contributed by atoms with Crippen LogP contribution in [0.1, 0.15) is 48.9 Å². The average Bonchev–Trinajstić information content (AvgIpc) is 3.54. The van der Waals surface area contributed by atoms with E-state index in [1.807, 2.05) is 52.1 Å². The number of rotatable bonds is 19. The van der Waals surface area contributed by atoms with Gasteiger partial charge in [0.1, 0.15) is 37.0 Å². The van der Waals surface area contributed by atoms with Gasteiger partial charge in [-0.25, -0.2) is 28.7 Å². The minimum atomic E-state index is -0.552. The summed E-state index contributed by atoms with van der Waals surface area (Å²) in [6.45, 7) is 9.37. The number of hydrogen-bond donors (Lipinski definition) is 0. The van der Waals surface area contributed by atoms with Crippen LogP contribution in [0.3, 0.4) is 0 Å². The van der Waals surface area contributed by atoms with Gasteiger partial charge in [0.25, 0.3) is 0 Å². The second-order valence-corrected chi connectivity index (χ2v) is 10.2. The molecule has 0 aliphatic rings. The summed E-state index contributed by atoms with van der Waals surface area (Å²) in [5.41, 5.74) is 2.08. The average molecular weight is 612 g/mol. The Morgan fingerprint density at radius 1 is 0.778 bits per heavy atom. The quantitative estimate of drug-likeness (QED) is 0.0544. The smallest absolute Gasteiger partial charge is 0.345 e. The molecule has 0 saturated heterocycles. The summed E-state index contributed by atoms with van der Waals surface area (Å²) in [5.74, 6) is 0.537. The van der Waals surface area contributed by atoms with Gasteiger partial charge in [-0.15, -0.1) is 0 Å². The molecule has 0 N–H and O–H groups in total. The number of benzene rings is 2. The zero-order valence-electron chi connectivity index (χ0n) is 25.4. The lowest BCUT2D eigenvalue weighted by Gasteiger charge is -2.08. The highest BCUT2D eigenvalue weighted by atomic mass is 16.5. The molecule has 0 radical (unpaired) electrons. The molecule has 4 rings (SSSR count). The van der Waals surface area contributed by atoms with Gasteiger partial charge in [-0.05, 0) is 54.8 Å². The maximum Gasteiger partial charge on any atom is 0.345 e. The summed E-state index contributed by atoms with van der Waals surface area (Å²) in [6, 6.07) is 14.4. The lowest BCUT2D eigenvalue weighted by molar-refractivity contribution is -0.696. The zero-order chi connectivity index (χ0) is 31.7. The Labute approximate surface area is 263 Å². The van der Waals surface area contributed by atoms with Gasteiger partial charge in [-0.3, -0.25) is 0 Å². The number of ether oxygens (including phenoxy) is 4. The molecule has 0 unspecified atom stereocenters. The number of nitrogens with zero attached hydrogens (tertiary/aromatic N) is 4. The van der Waals surface area contributed by atoms with Crippen molar-refractivity contribution in [1.82, 2.24) is 14.5 Å². The van der Waals surface area contributed by atoms with E-state index in [4.69, 9.17) is 18.9 Å². The van der Waals surface area contributed by atoms with Crippen LogP contribution in [-0.4, -0.2) is 46.3 Å². The first-order valence-corrected chi connectivity index (χ1v) is 15.0. The van der Waals surface area contributed by atoms with Gasteiger partial charge >= 0.3 is 17.9 Å². The van der Waals surface area contributed by atoms with Gasteiger partial charge in [-0.2, -0.15) is 0 Å². The molecule has 0 spiro atoms. The van der Waals surface area contributed by atoms with E-state index in [9.17, 15) is 9.59 Å². The van der Waals surface area contributed by atoms with Gasteiger partial charge in [0.15, 0.2) is 0 Å². The molecule has 10 heteroatoms. The largest absolute Gasteiger partial charge is 0.494 e. The molecule has 2 aromatic carbocycles. The van der Waals surface area contributed by atoms with Gasteiger partial charge in [0.2, 0.25) is 6.33 Å². The van der Waals surface area contributed by atoms with E-state index in [2.05, 4.69) is 23.1 Å². The fourth-order valence-corrected chi connectivity index (χ4v) is 4.34. The van der Waals surface area contributed by atoms with Crippen LogP contribution >= 0.6 is 0 Å². The molecular formula is C35H39N4O6+. The van der Waals surface area contributed by atoms with Crippen LogP contribution in [0.2, 0.25) is 0 Å². The van der Waals surface area contributed by atoms with Crippen LogP contribution in [0.25, 0.3) is 17.3 Å². The maximum atomic E-state index is 12.6. The minimum Gasteiger partial charge on any atom is -0.494 e. The molecule has 0 amide bonds. The van der Waals surface area contributed by atoms with E-state index in [-0.39, 0.29) is 12.0 Å². The van der Waals surface area contributed by atoms with Gasteiger partial charge in [0.05, 0.1) is 25.0 Å². The number of esters is 2. The summed E-state index contributed by atoms with van der Waals surface area (Å²) in [6.07, 6.45) is 18.1. The Balaban J connectivity index is 1.13. The lowest BCUT2D eigenvalue weighted by atomic mass is 10.1. The molecule has 4 aromatic rings. The molecule has 234 valence electrons. The van der Waals surface area contributed by atoms with E-state index in [1.165, 1.54) is 6.08 Å². The molecule has 45 heavy (non-hydrogen) atoms. The third-order valence-corrected chi connectivity index (χ3v) is 6.85. The first kappa shape index (κ1) is 32.7. The van der Waals surface area contributed by atoms with Crippen LogP contribution in [-0.2, 0) is 16.1 Å². The van der Waals surface area contributed by atoms with Gasteiger partial charge in [-0.1, -0.05) is 51.0 Å². The molecule has 0 aliphatic carbocycles. The normalized spacial score (nSPS) is 10.6. The summed E-state index contributed by atoms with van der Waals surface area (Å²) in [7, 11) is 0. The fourth-order valence-electron chi connectivity index (χ4n) is 4.34. The molecule has 0 bridgehead atoms. The van der Waals surface area contributed by atoms with E-state index in [1.54, 1.807) is 42.9 Å². The highest BCUT2D eigenvalue weighted by molar-refractivity contribution is 5.90. The molecular weight excluding hydrogens is 572 g/mol. The maximum absolute atomic E-state index is 12.6. The van der Waals surface area contributed by atoms with Crippen molar-refractivity contribution in [1.29, 1.82) is 0 Å². The number of hydrogen-bond acceptors (Lipinski definition) is 8. The highest BCUT2D eigenvalue weighted by Crippen LogP contribution is 2.23. The molecule has 0 fully saturated rings. The van der Waals surface area contributed by atoms with Crippen LogP contribution < -0.4 is 18.8 Å². The van der Waals surface area contributed by atoms with Crippen LogP contribution in [0, 0.1) is 0 Å². The van der Waals surface area contributed by atoms with Crippen molar-refractivity contribution < 1.29 is 33.1 Å². The van der Waals surface area contributed by atoms with E-state index < -0.39 is 5.97 Å². The fraction of sp³-hybridized carbons (Fsp3) is 0.286. The topological polar surface area (TPSA) is 106 Å². The Hall–Kier alpha value is -5.25. The molecule has 0 atom stereocenters. The molecule has 0 saturated carbocycles. The van der Waals surface area contributed by atoms with Crippen molar-refractivity contribution in [3.63, 3.8) is 0 Å². The van der Waals surface area contributed by atoms with Crippen molar-refractivity contribution in [3.05, 3.63) is 104 Å². The number of aromatic nitrogens is 4. The van der Waals surface area contributed by atoms with Crippen molar-refractivity contribution >= 4 is 18.1 Å². The minimum absolute atomic E-state index is 0.0244. The lowest BCUT2D eigenvalue weighted by Crippen LogP contribution is -2.34. The van der Waals surface area contributed by atoms with E-state index in [0.717, 1.165) is 55.4 Å². The summed E-state index contributed by atoms with van der Waals surface area (Å²) >= 11 is 0. The summed E-state index contributed by atoms with van der Waals surface area (Å²) in [4.78, 5) is 32.0. The van der Waals surface area contributed by atoms with Crippen molar-refractivity contribution in [2.24, 2.45) is 0 Å². The second-order valence-electron chi connectivity index (χ2n) is 10.2. The molecule has 2 aromatic heterocycles. The zero-order valence-corrected chi connectivity index (χ0v) is 25.4. The number of imidazole rings is 1. The van der Waals surface area contributed by atoms with Crippen molar-refractivity contribution in [3.8, 4) is 28.6 Å². The number of carbonyl (C=O) groups is 2. The number of unbranched alkanes of at least 4 members (excludes halogenated alkanes) is 5. The summed E-state index contributed by atoms with van der Waals surface area (Å²) < 4.78 is 25.8. The molecule has 0 aliphatic heterocycles. The Kier molecular flexibility index (Phi) is 12.9.